The van der Waals surface area contributed by atoms with Crippen LogP contribution in [0.5, 0.6) is 0 Å². The first kappa shape index (κ1) is 21.5. The summed E-state index contributed by atoms with van der Waals surface area (Å²) in [5.41, 5.74) is -1.69. The monoisotopic (exact) mass is 394 g/mol. The van der Waals surface area contributed by atoms with E-state index < -0.39 is 41.3 Å². The maximum atomic E-state index is 14.6. The van der Waals surface area contributed by atoms with Crippen LogP contribution in [0.2, 0.25) is 0 Å². The summed E-state index contributed by atoms with van der Waals surface area (Å²) < 4.78 is 24.0. The number of benzene rings is 1. The second-order valence-electron chi connectivity index (χ2n) is 6.58. The van der Waals surface area contributed by atoms with Crippen molar-refractivity contribution < 1.29 is 33.0 Å². The van der Waals surface area contributed by atoms with Crippen LogP contribution in [0.15, 0.2) is 24.3 Å². The Labute approximate surface area is 162 Å². The summed E-state index contributed by atoms with van der Waals surface area (Å²) in [6, 6.07) is 5.57. The molecule has 8 nitrogen and oxygen atoms in total. The zero-order chi connectivity index (χ0) is 20.9. The zero-order valence-corrected chi connectivity index (χ0v) is 16.1. The van der Waals surface area contributed by atoms with Crippen LogP contribution in [0.3, 0.4) is 0 Å². The third kappa shape index (κ3) is 4.19. The molecule has 1 saturated heterocycles. The van der Waals surface area contributed by atoms with Crippen molar-refractivity contribution in [3.05, 3.63) is 35.6 Å². The van der Waals surface area contributed by atoms with Crippen molar-refractivity contribution in [2.24, 2.45) is 0 Å². The van der Waals surface area contributed by atoms with Gasteiger partial charge in [0.25, 0.3) is 0 Å². The van der Waals surface area contributed by atoms with Crippen molar-refractivity contribution in [1.82, 2.24) is 9.80 Å². The number of imide groups is 1. The lowest BCUT2D eigenvalue weighted by Crippen LogP contribution is -2.44. The highest BCUT2D eigenvalue weighted by atomic mass is 19.1. The predicted octanol–water partition coefficient (Wildman–Crippen LogP) is 0.490. The van der Waals surface area contributed by atoms with Gasteiger partial charge in [-0.2, -0.15) is 0 Å². The first-order chi connectivity index (χ1) is 13.3. The number of esters is 1. The Hall–Kier alpha value is -2.81. The van der Waals surface area contributed by atoms with Crippen molar-refractivity contribution >= 4 is 23.7 Å². The molecule has 1 aliphatic heterocycles. The topological polar surface area (TPSA) is 93.2 Å². The van der Waals surface area contributed by atoms with Crippen LogP contribution in [-0.2, 0) is 34.1 Å². The minimum absolute atomic E-state index is 0.0105. The summed E-state index contributed by atoms with van der Waals surface area (Å²) in [6.07, 6.45) is -0.788. The highest BCUT2D eigenvalue weighted by Gasteiger charge is 2.54. The normalized spacial score (nSPS) is 19.1. The van der Waals surface area contributed by atoms with E-state index in [2.05, 4.69) is 4.74 Å². The Morgan fingerprint density at radius 1 is 1.25 bits per heavy atom. The van der Waals surface area contributed by atoms with E-state index in [0.717, 1.165) is 9.80 Å². The van der Waals surface area contributed by atoms with Crippen LogP contribution < -0.4 is 0 Å². The molecule has 0 bridgehead atoms. The summed E-state index contributed by atoms with van der Waals surface area (Å²) in [4.78, 5) is 51.9. The second-order valence-corrected chi connectivity index (χ2v) is 6.58. The van der Waals surface area contributed by atoms with Crippen LogP contribution in [0.25, 0.3) is 0 Å². The Morgan fingerprint density at radius 2 is 1.93 bits per heavy atom. The van der Waals surface area contributed by atoms with Gasteiger partial charge in [0, 0.05) is 32.6 Å². The number of amides is 3. The number of halogens is 1. The fourth-order valence-corrected chi connectivity index (χ4v) is 3.24. The number of rotatable bonds is 8. The van der Waals surface area contributed by atoms with Gasteiger partial charge in [0.05, 0.1) is 25.7 Å². The van der Waals surface area contributed by atoms with Gasteiger partial charge in [-0.3, -0.25) is 24.1 Å². The van der Waals surface area contributed by atoms with Crippen molar-refractivity contribution in [3.63, 3.8) is 0 Å². The van der Waals surface area contributed by atoms with Gasteiger partial charge in [-0.1, -0.05) is 18.2 Å². The van der Waals surface area contributed by atoms with Crippen molar-refractivity contribution in [1.29, 1.82) is 0 Å². The number of hydrogen-bond acceptors (Lipinski definition) is 6. The fourth-order valence-electron chi connectivity index (χ4n) is 3.24. The fraction of sp³-hybridized carbons (Fsp3) is 0.474. The van der Waals surface area contributed by atoms with Gasteiger partial charge in [-0.15, -0.1) is 0 Å². The Morgan fingerprint density at radius 3 is 2.54 bits per heavy atom. The second kappa shape index (κ2) is 8.92. The average Bonchev–Trinajstić information content (AvgIpc) is 2.90. The molecule has 3 amide bonds. The molecule has 0 spiro atoms. The molecule has 0 saturated carbocycles. The SMILES string of the molecule is COCCN1C(=O)CC(CC(=O)N(C)CC(=O)OC)(c2ccccc2F)C1=O. The van der Waals surface area contributed by atoms with E-state index in [4.69, 9.17) is 4.74 Å². The minimum Gasteiger partial charge on any atom is -0.468 e. The molecule has 152 valence electrons. The quantitative estimate of drug-likeness (QED) is 0.471. The van der Waals surface area contributed by atoms with E-state index in [0.29, 0.717) is 0 Å². The van der Waals surface area contributed by atoms with E-state index >= 15 is 0 Å². The molecule has 0 radical (unpaired) electrons. The summed E-state index contributed by atoms with van der Waals surface area (Å²) in [6.45, 7) is -0.185. The molecule has 1 heterocycles. The van der Waals surface area contributed by atoms with E-state index in [1.807, 2.05) is 0 Å². The van der Waals surface area contributed by atoms with Crippen LogP contribution in [0, 0.1) is 5.82 Å². The minimum atomic E-state index is -1.67. The molecule has 1 atom stereocenters. The van der Waals surface area contributed by atoms with Gasteiger partial charge >= 0.3 is 5.97 Å². The molecule has 1 aromatic rings. The number of likely N-dealkylation sites (tertiary alicyclic amines) is 1. The molecule has 1 aromatic carbocycles. The van der Waals surface area contributed by atoms with Gasteiger partial charge in [0.15, 0.2) is 0 Å². The lowest BCUT2D eigenvalue weighted by Gasteiger charge is -2.29. The van der Waals surface area contributed by atoms with E-state index in [-0.39, 0.29) is 31.7 Å². The maximum absolute atomic E-state index is 14.6. The van der Waals surface area contributed by atoms with Gasteiger partial charge in [0.2, 0.25) is 17.7 Å². The van der Waals surface area contributed by atoms with Crippen molar-refractivity contribution in [2.75, 3.05) is 41.0 Å². The number of ether oxygens (including phenoxy) is 2. The molecule has 0 aromatic heterocycles. The van der Waals surface area contributed by atoms with Crippen LogP contribution in [0.1, 0.15) is 18.4 Å². The summed E-state index contributed by atoms with van der Waals surface area (Å²) in [7, 11) is 3.99. The van der Waals surface area contributed by atoms with Crippen LogP contribution in [0.4, 0.5) is 4.39 Å². The number of hydrogen-bond donors (Lipinski definition) is 0. The van der Waals surface area contributed by atoms with Crippen LogP contribution in [-0.4, -0.2) is 74.5 Å². The molecular formula is C19H23FN2O6. The Kier molecular flexibility index (Phi) is 6.85. The number of likely N-dealkylation sites (N-methyl/N-ethyl adjacent to an activating group) is 1. The molecule has 9 heteroatoms. The number of nitrogens with zero attached hydrogens (tertiary/aromatic N) is 2. The van der Waals surface area contributed by atoms with Gasteiger partial charge in [-0.05, 0) is 6.07 Å². The highest BCUT2D eigenvalue weighted by Crippen LogP contribution is 2.41. The van der Waals surface area contributed by atoms with Gasteiger partial charge < -0.3 is 14.4 Å². The van der Waals surface area contributed by atoms with E-state index in [1.54, 1.807) is 6.07 Å². The average molecular weight is 394 g/mol. The summed E-state index contributed by atoms with van der Waals surface area (Å²) in [5.74, 6) is -3.05. The standard InChI is InChI=1S/C19H23FN2O6/c1-21(12-17(25)28-3)15(23)10-19(13-6-4-5-7-14(13)20)11-16(24)22(18(19)26)8-9-27-2/h4-7H,8-12H2,1-3H3. The lowest BCUT2D eigenvalue weighted by atomic mass is 9.75. The largest absolute Gasteiger partial charge is 0.468 e. The number of methoxy groups -OCH3 is 2. The number of carbonyl (C=O) groups is 4. The van der Waals surface area contributed by atoms with E-state index in [9.17, 15) is 23.6 Å². The van der Waals surface area contributed by atoms with Gasteiger partial charge in [0.1, 0.15) is 12.4 Å². The zero-order valence-electron chi connectivity index (χ0n) is 16.1. The first-order valence-electron chi connectivity index (χ1n) is 8.66. The third-order valence-corrected chi connectivity index (χ3v) is 4.79. The Bertz CT molecular complexity index is 783. The Balaban J connectivity index is 2.40. The molecule has 28 heavy (non-hydrogen) atoms. The number of carbonyl (C=O) groups excluding carboxylic acids is 4. The maximum Gasteiger partial charge on any atom is 0.325 e. The molecule has 1 unspecified atom stereocenters. The molecule has 0 N–H and O–H groups in total. The first-order valence-corrected chi connectivity index (χ1v) is 8.66. The predicted molar refractivity (Wildman–Crippen MR) is 95.6 cm³/mol. The van der Waals surface area contributed by atoms with Crippen LogP contribution >= 0.6 is 0 Å². The molecular weight excluding hydrogens is 371 g/mol. The molecule has 2 rings (SSSR count). The van der Waals surface area contributed by atoms with E-state index in [1.165, 1.54) is 39.5 Å². The van der Waals surface area contributed by atoms with Gasteiger partial charge in [-0.25, -0.2) is 4.39 Å². The molecule has 0 aliphatic carbocycles. The van der Waals surface area contributed by atoms with Crippen molar-refractivity contribution in [3.8, 4) is 0 Å². The highest BCUT2D eigenvalue weighted by molar-refractivity contribution is 6.10. The molecule has 1 aliphatic rings. The molecule has 1 fully saturated rings. The van der Waals surface area contributed by atoms with Crippen molar-refractivity contribution in [2.45, 2.75) is 18.3 Å². The smallest absolute Gasteiger partial charge is 0.325 e. The summed E-state index contributed by atoms with van der Waals surface area (Å²) in [5, 5.41) is 0. The third-order valence-electron chi connectivity index (χ3n) is 4.79. The lowest BCUT2D eigenvalue weighted by molar-refractivity contribution is -0.147. The summed E-state index contributed by atoms with van der Waals surface area (Å²) >= 11 is 0.